The fraction of sp³-hybridized carbons (Fsp3) is 0.296. The fourth-order valence-corrected chi connectivity index (χ4v) is 7.79. The smallest absolute Gasteiger partial charge is 0.376 e. The molecule has 1 saturated carbocycles. The second-order valence-electron chi connectivity index (χ2n) is 9.41. The van der Waals surface area contributed by atoms with E-state index in [1.165, 1.54) is 35.4 Å². The maximum absolute atomic E-state index is 13.5. The molecule has 4 aromatic rings. The van der Waals surface area contributed by atoms with Gasteiger partial charge in [0, 0.05) is 26.2 Å². The zero-order valence-corrected chi connectivity index (χ0v) is 22.9. The highest BCUT2D eigenvalue weighted by atomic mass is 32.2. The summed E-state index contributed by atoms with van der Waals surface area (Å²) in [6.45, 7) is 0.718. The van der Waals surface area contributed by atoms with E-state index in [0.717, 1.165) is 38.4 Å². The van der Waals surface area contributed by atoms with Gasteiger partial charge in [0.25, 0.3) is 0 Å². The van der Waals surface area contributed by atoms with Crippen molar-refractivity contribution in [2.75, 3.05) is 6.26 Å². The molecule has 1 fully saturated rings. The first-order valence-corrected chi connectivity index (χ1v) is 15.4. The summed E-state index contributed by atoms with van der Waals surface area (Å²) < 4.78 is 70.2. The Labute approximate surface area is 227 Å². The molecule has 1 aliphatic rings. The van der Waals surface area contributed by atoms with Crippen LogP contribution in [0.1, 0.15) is 41.8 Å². The molecule has 1 aliphatic carbocycles. The van der Waals surface area contributed by atoms with Crippen LogP contribution in [0.4, 0.5) is 13.2 Å². The summed E-state index contributed by atoms with van der Waals surface area (Å²) in [7, 11) is -3.54. The number of alkyl halides is 3. The molecule has 0 radical (unpaired) electrons. The molecule has 0 bridgehead atoms. The number of thiophene rings is 1. The number of rotatable bonds is 8. The molecule has 2 N–H and O–H groups in total. The van der Waals surface area contributed by atoms with Crippen LogP contribution in [0.15, 0.2) is 71.8 Å². The van der Waals surface area contributed by atoms with Gasteiger partial charge in [-0.3, -0.25) is 4.98 Å². The van der Waals surface area contributed by atoms with E-state index in [4.69, 9.17) is 0 Å². The molecule has 2 heterocycles. The summed E-state index contributed by atoms with van der Waals surface area (Å²) in [6.07, 6.45) is -0.411. The number of hydrogen-bond acceptors (Lipinski definition) is 6. The molecule has 2 aromatic carbocycles. The summed E-state index contributed by atoms with van der Waals surface area (Å²) >= 11 is 2.90. The molecule has 2 atom stereocenters. The van der Waals surface area contributed by atoms with Gasteiger partial charge in [-0.2, -0.15) is 13.2 Å². The molecule has 0 spiro atoms. The Morgan fingerprint density at radius 1 is 1.11 bits per heavy atom. The molecular weight excluding hydrogens is 554 g/mol. The summed E-state index contributed by atoms with van der Waals surface area (Å²) in [5, 5.41) is 10.6. The van der Waals surface area contributed by atoms with Crippen LogP contribution >= 0.6 is 23.1 Å². The molecule has 0 amide bonds. The molecule has 200 valence electrons. The average Bonchev–Trinajstić information content (AvgIpc) is 3.66. The summed E-state index contributed by atoms with van der Waals surface area (Å²) in [4.78, 5) is 6.00. The van der Waals surface area contributed by atoms with Crippen LogP contribution in [0.3, 0.4) is 0 Å². The first kappa shape index (κ1) is 27.1. The Morgan fingerprint density at radius 3 is 2.53 bits per heavy atom. The van der Waals surface area contributed by atoms with Crippen LogP contribution < -0.4 is 4.72 Å². The lowest BCUT2D eigenvalue weighted by atomic mass is 9.94. The van der Waals surface area contributed by atoms with Gasteiger partial charge in [0.05, 0.1) is 17.0 Å². The van der Waals surface area contributed by atoms with Crippen molar-refractivity contribution in [3.8, 4) is 11.3 Å². The van der Waals surface area contributed by atoms with Gasteiger partial charge in [-0.05, 0) is 66.8 Å². The molecular formula is C27H25F3N2O3S3. The van der Waals surface area contributed by atoms with Crippen molar-refractivity contribution in [2.24, 2.45) is 0 Å². The highest BCUT2D eigenvalue weighted by Crippen LogP contribution is 2.43. The summed E-state index contributed by atoms with van der Waals surface area (Å²) in [5.41, 5.74) is -1.63. The Kier molecular flexibility index (Phi) is 7.10. The number of fused-ring (bicyclic) bond motifs is 1. The van der Waals surface area contributed by atoms with Crippen molar-refractivity contribution >= 4 is 43.2 Å². The van der Waals surface area contributed by atoms with Crippen molar-refractivity contribution in [3.05, 3.63) is 82.9 Å². The van der Waals surface area contributed by atoms with Crippen LogP contribution in [0.2, 0.25) is 0 Å². The third-order valence-electron chi connectivity index (χ3n) is 6.69. The lowest BCUT2D eigenvalue weighted by molar-refractivity contribution is -0.258. The zero-order valence-electron chi connectivity index (χ0n) is 20.5. The second-order valence-corrected chi connectivity index (χ2v) is 13.3. The van der Waals surface area contributed by atoms with Crippen molar-refractivity contribution < 1.29 is 26.7 Å². The zero-order chi connectivity index (χ0) is 27.3. The van der Waals surface area contributed by atoms with Crippen molar-refractivity contribution in [1.82, 2.24) is 9.71 Å². The van der Waals surface area contributed by atoms with Crippen LogP contribution in [-0.2, 0) is 15.6 Å². The monoisotopic (exact) mass is 578 g/mol. The van der Waals surface area contributed by atoms with E-state index >= 15 is 0 Å². The Bertz CT molecular complexity index is 1600. The van der Waals surface area contributed by atoms with Crippen LogP contribution in [0.25, 0.3) is 21.3 Å². The average molecular weight is 579 g/mol. The van der Waals surface area contributed by atoms with E-state index < -0.39 is 33.1 Å². The first-order chi connectivity index (χ1) is 17.9. The number of aromatic nitrogens is 1. The van der Waals surface area contributed by atoms with Gasteiger partial charge in [0.15, 0.2) is 5.60 Å². The van der Waals surface area contributed by atoms with Gasteiger partial charge in [0.2, 0.25) is 10.0 Å². The number of pyridine rings is 1. The topological polar surface area (TPSA) is 79.3 Å². The lowest BCUT2D eigenvalue weighted by Gasteiger charge is -2.26. The third kappa shape index (κ3) is 5.10. The predicted octanol–water partition coefficient (Wildman–Crippen LogP) is 6.63. The number of nitrogens with zero attached hydrogens (tertiary/aromatic N) is 1. The van der Waals surface area contributed by atoms with Crippen molar-refractivity contribution in [1.29, 1.82) is 0 Å². The maximum Gasteiger partial charge on any atom is 0.421 e. The molecule has 5 rings (SSSR count). The normalized spacial score (nSPS) is 16.9. The SMILES string of the molecule is CSc1ccccc1C(NS(=O)(=O)C1CC1)c1cc2cccc(-c3cc([C@@](C)(O)C(F)(F)F)ccn3)c2s1. The number of nitrogens with one attached hydrogen (secondary N) is 1. The third-order valence-corrected chi connectivity index (χ3v) is 10.7. The molecule has 1 unspecified atom stereocenters. The van der Waals surface area contributed by atoms with E-state index in [-0.39, 0.29) is 11.3 Å². The van der Waals surface area contributed by atoms with Crippen LogP contribution in [-0.4, -0.2) is 36.2 Å². The molecule has 38 heavy (non-hydrogen) atoms. The molecule has 2 aromatic heterocycles. The number of halogens is 3. The number of sulfonamides is 1. The first-order valence-electron chi connectivity index (χ1n) is 11.8. The van der Waals surface area contributed by atoms with Crippen LogP contribution in [0.5, 0.6) is 0 Å². The van der Waals surface area contributed by atoms with E-state index in [0.29, 0.717) is 18.4 Å². The number of aliphatic hydroxyl groups is 1. The second kappa shape index (κ2) is 9.95. The number of hydrogen-bond donors (Lipinski definition) is 2. The van der Waals surface area contributed by atoms with E-state index in [9.17, 15) is 26.7 Å². The highest BCUT2D eigenvalue weighted by Gasteiger charge is 2.51. The quantitative estimate of drug-likeness (QED) is 0.230. The highest BCUT2D eigenvalue weighted by molar-refractivity contribution is 7.98. The number of benzene rings is 2. The lowest BCUT2D eigenvalue weighted by Crippen LogP contribution is -2.39. The minimum Gasteiger partial charge on any atom is -0.376 e. The standard InChI is InChI=1S/C27H25F3N2O3S3/c1-26(33,27(28,29)30)17-12-13-31-21(15-17)19-8-5-6-16-14-23(37-25(16)19)24(32-38(34,35)18-10-11-18)20-7-3-4-9-22(20)36-2/h3-9,12-15,18,24,32-33H,10-11H2,1-2H3/t24?,26-/m1/s1. The van der Waals surface area contributed by atoms with E-state index in [2.05, 4.69) is 9.71 Å². The van der Waals surface area contributed by atoms with Gasteiger partial charge in [-0.25, -0.2) is 13.1 Å². The van der Waals surface area contributed by atoms with Crippen molar-refractivity contribution in [2.45, 2.75) is 47.7 Å². The minimum absolute atomic E-state index is 0.283. The Balaban J connectivity index is 1.63. The van der Waals surface area contributed by atoms with Gasteiger partial charge in [-0.1, -0.05) is 36.4 Å². The predicted molar refractivity (Wildman–Crippen MR) is 146 cm³/mol. The molecule has 0 saturated heterocycles. The van der Waals surface area contributed by atoms with E-state index in [1.807, 2.05) is 42.7 Å². The van der Waals surface area contributed by atoms with Gasteiger partial charge in [0.1, 0.15) is 0 Å². The Morgan fingerprint density at radius 2 is 1.84 bits per heavy atom. The molecule has 11 heteroatoms. The molecule has 0 aliphatic heterocycles. The summed E-state index contributed by atoms with van der Waals surface area (Å²) in [5.74, 6) is 0. The number of thioether (sulfide) groups is 1. The Hall–Kier alpha value is -2.44. The maximum atomic E-state index is 13.5. The minimum atomic E-state index is -4.86. The van der Waals surface area contributed by atoms with Crippen LogP contribution in [0, 0.1) is 0 Å². The van der Waals surface area contributed by atoms with Gasteiger partial charge >= 0.3 is 6.18 Å². The largest absolute Gasteiger partial charge is 0.421 e. The molecule has 5 nitrogen and oxygen atoms in total. The van der Waals surface area contributed by atoms with Gasteiger partial charge < -0.3 is 5.11 Å². The summed E-state index contributed by atoms with van der Waals surface area (Å²) in [6, 6.07) is 16.7. The van der Waals surface area contributed by atoms with Crippen molar-refractivity contribution in [3.63, 3.8) is 0 Å². The fourth-order valence-electron chi connectivity index (χ4n) is 4.29. The van der Waals surface area contributed by atoms with Gasteiger partial charge in [-0.15, -0.1) is 23.1 Å². The van der Waals surface area contributed by atoms with E-state index in [1.54, 1.807) is 12.1 Å².